The second kappa shape index (κ2) is 7.73. The Labute approximate surface area is 176 Å². The monoisotopic (exact) mass is 459 g/mol. The number of carbonyl (C=O) groups is 1. The first-order valence-corrected chi connectivity index (χ1v) is 13.3. The Morgan fingerprint density at radius 2 is 2.32 bits per heavy atom. The van der Waals surface area contributed by atoms with Crippen LogP contribution < -0.4 is 9.39 Å². The maximum atomic E-state index is 12.2. The van der Waals surface area contributed by atoms with Crippen LogP contribution in [-0.4, -0.2) is 49.7 Å². The Bertz CT molecular complexity index is 924. The Hall–Kier alpha value is -1.49. The van der Waals surface area contributed by atoms with E-state index < -0.39 is 14.9 Å². The summed E-state index contributed by atoms with van der Waals surface area (Å²) in [5.41, 5.74) is 2.12. The standard InChI is InChI=1S/C21H26AsN3O2S/c1-3-21(13-22(21)23)15-7-9-25(20(26)28)16(11-15)10-14-6-8-24-19-5-4-17(27-2)12-18(14)19/h3-6,8,12,15-16H,1,7,9-11,13,23H2,2H3,(H,26,28). The first-order chi connectivity index (χ1) is 13.5. The van der Waals surface area contributed by atoms with Crippen LogP contribution in [0.15, 0.2) is 43.1 Å². The Morgan fingerprint density at radius 1 is 1.54 bits per heavy atom. The predicted molar refractivity (Wildman–Crippen MR) is 117 cm³/mol. The molecule has 2 aromatic rings. The number of likely N-dealkylation sites (tertiary alicyclic amines) is 1. The van der Waals surface area contributed by atoms with Crippen LogP contribution in [0.5, 0.6) is 5.75 Å². The van der Waals surface area contributed by atoms with Gasteiger partial charge < -0.3 is 0 Å². The number of hydrogen-bond donors (Lipinski definition) is 2. The van der Waals surface area contributed by atoms with Crippen molar-refractivity contribution in [3.63, 3.8) is 0 Å². The van der Waals surface area contributed by atoms with Gasteiger partial charge in [-0.25, -0.2) is 0 Å². The van der Waals surface area contributed by atoms with Crippen molar-refractivity contribution in [1.82, 2.24) is 9.88 Å². The molecule has 3 heterocycles. The predicted octanol–water partition coefficient (Wildman–Crippen LogP) is 3.81. The third-order valence-corrected chi connectivity index (χ3v) is 11.4. The second-order valence-corrected chi connectivity index (χ2v) is 12.5. The number of ether oxygens (including phenoxy) is 1. The Morgan fingerprint density at radius 3 is 2.96 bits per heavy atom. The molecule has 4 unspecified atom stereocenters. The third-order valence-electron chi connectivity index (χ3n) is 6.37. The number of benzene rings is 1. The first kappa shape index (κ1) is 19.8. The van der Waals surface area contributed by atoms with Crippen molar-refractivity contribution in [1.29, 1.82) is 0 Å². The van der Waals surface area contributed by atoms with Gasteiger partial charge in [-0.05, 0) is 0 Å². The van der Waals surface area contributed by atoms with Crippen molar-refractivity contribution in [3.8, 4) is 5.75 Å². The number of aromatic nitrogens is 1. The van der Waals surface area contributed by atoms with E-state index in [9.17, 15) is 4.79 Å². The number of allylic oxidation sites excluding steroid dienone is 1. The van der Waals surface area contributed by atoms with E-state index in [0.717, 1.165) is 47.7 Å². The van der Waals surface area contributed by atoms with Gasteiger partial charge in [0.1, 0.15) is 0 Å². The number of nitrogens with two attached hydrogens (primary N) is 1. The molecule has 2 aliphatic heterocycles. The number of rotatable bonds is 5. The van der Waals surface area contributed by atoms with Crippen LogP contribution in [0.3, 0.4) is 0 Å². The molecule has 2 fully saturated rings. The maximum absolute atomic E-state index is 12.2. The molecule has 148 valence electrons. The van der Waals surface area contributed by atoms with Gasteiger partial charge in [0.15, 0.2) is 0 Å². The number of methoxy groups -OCH3 is 1. The fraction of sp³-hybridized carbons (Fsp3) is 0.429. The molecule has 1 amide bonds. The van der Waals surface area contributed by atoms with Crippen molar-refractivity contribution in [2.45, 2.75) is 34.7 Å². The van der Waals surface area contributed by atoms with E-state index in [1.165, 1.54) is 5.56 Å². The topological polar surface area (TPSA) is 68.5 Å². The van der Waals surface area contributed by atoms with Crippen LogP contribution in [0.2, 0.25) is 9.41 Å². The summed E-state index contributed by atoms with van der Waals surface area (Å²) in [7, 11) is 1.67. The van der Waals surface area contributed by atoms with Gasteiger partial charge in [0.2, 0.25) is 0 Å². The van der Waals surface area contributed by atoms with Gasteiger partial charge in [0.05, 0.1) is 0 Å². The van der Waals surface area contributed by atoms with E-state index in [4.69, 9.17) is 9.39 Å². The van der Waals surface area contributed by atoms with Crippen molar-refractivity contribution in [2.75, 3.05) is 13.7 Å². The number of nitrogens with zero attached hydrogens (tertiary/aromatic N) is 2. The van der Waals surface area contributed by atoms with Gasteiger partial charge in [-0.2, -0.15) is 0 Å². The molecule has 2 saturated heterocycles. The van der Waals surface area contributed by atoms with Gasteiger partial charge in [0, 0.05) is 0 Å². The summed E-state index contributed by atoms with van der Waals surface area (Å²) in [6, 6.07) is 8.09. The Balaban J connectivity index is 1.64. The van der Waals surface area contributed by atoms with E-state index >= 15 is 0 Å². The number of piperidine rings is 1. The molecule has 4 rings (SSSR count). The third kappa shape index (κ3) is 3.47. The summed E-state index contributed by atoms with van der Waals surface area (Å²) in [6.07, 6.45) is 6.67. The fourth-order valence-corrected chi connectivity index (χ4v) is 9.57. The summed E-state index contributed by atoms with van der Waals surface area (Å²) >= 11 is 2.89. The van der Waals surface area contributed by atoms with E-state index in [2.05, 4.69) is 30.3 Å². The normalized spacial score (nSPS) is 29.5. The summed E-state index contributed by atoms with van der Waals surface area (Å²) in [5, 5.41) is 2.07. The van der Waals surface area contributed by atoms with Crippen LogP contribution >= 0.6 is 12.6 Å². The second-order valence-electron chi connectivity index (χ2n) is 7.73. The van der Waals surface area contributed by atoms with E-state index in [1.54, 1.807) is 7.11 Å². The molecule has 5 nitrogen and oxygen atoms in total. The Kier molecular flexibility index (Phi) is 5.47. The number of pyridine rings is 1. The molecule has 2 aliphatic rings. The molecular formula is C21H26AsN3O2S. The molecule has 2 N–H and O–H groups in total. The number of thiol groups is 1. The quantitative estimate of drug-likeness (QED) is 0.406. The van der Waals surface area contributed by atoms with Crippen molar-refractivity contribution < 1.29 is 9.53 Å². The van der Waals surface area contributed by atoms with Gasteiger partial charge >= 0.3 is 176 Å². The number of carbonyl (C=O) groups excluding carboxylic acids is 1. The van der Waals surface area contributed by atoms with Crippen LogP contribution in [0.1, 0.15) is 18.4 Å². The van der Waals surface area contributed by atoms with Crippen LogP contribution in [0.4, 0.5) is 4.79 Å². The van der Waals surface area contributed by atoms with E-state index in [0.29, 0.717) is 5.92 Å². The molecule has 7 heteroatoms. The first-order valence-electron chi connectivity index (χ1n) is 9.55. The summed E-state index contributed by atoms with van der Waals surface area (Å²) in [6.45, 7) is 4.82. The summed E-state index contributed by atoms with van der Waals surface area (Å²) in [5.74, 6) is 1.33. The molecule has 0 aliphatic carbocycles. The fourth-order valence-electron chi connectivity index (χ4n) is 4.64. The molecule has 1 aromatic heterocycles. The van der Waals surface area contributed by atoms with Gasteiger partial charge in [-0.1, -0.05) is 0 Å². The molecule has 1 aromatic carbocycles. The zero-order chi connectivity index (χ0) is 19.9. The number of amides is 1. The molecule has 0 saturated carbocycles. The molecular weight excluding hydrogens is 433 g/mol. The van der Waals surface area contributed by atoms with Crippen molar-refractivity contribution in [2.24, 2.45) is 10.6 Å². The minimum absolute atomic E-state index is 0.111. The molecule has 0 radical (unpaired) electrons. The zero-order valence-corrected chi connectivity index (χ0v) is 18.8. The van der Waals surface area contributed by atoms with Crippen LogP contribution in [-0.2, 0) is 6.42 Å². The molecule has 0 spiro atoms. The van der Waals surface area contributed by atoms with Crippen molar-refractivity contribution in [3.05, 3.63) is 48.7 Å². The SMILES string of the molecule is C=CC1(C2CCN(C(=O)S)C(Cc3ccnc4ccc(OC)cc34)C2)C[As]1N. The van der Waals surface area contributed by atoms with Gasteiger partial charge in [-0.15, -0.1) is 0 Å². The molecule has 28 heavy (non-hydrogen) atoms. The van der Waals surface area contributed by atoms with E-state index in [1.807, 2.05) is 35.4 Å². The minimum atomic E-state index is -1.26. The van der Waals surface area contributed by atoms with Crippen molar-refractivity contribution >= 4 is 43.6 Å². The summed E-state index contributed by atoms with van der Waals surface area (Å²) in [4.78, 5) is 18.6. The number of fused-ring (bicyclic) bond motifs is 1. The zero-order valence-electron chi connectivity index (χ0n) is 16.0. The van der Waals surface area contributed by atoms with Crippen LogP contribution in [0, 0.1) is 5.92 Å². The molecule has 4 atom stereocenters. The average molecular weight is 459 g/mol. The van der Waals surface area contributed by atoms with Gasteiger partial charge in [-0.3, -0.25) is 0 Å². The number of hydrogen-bond acceptors (Lipinski definition) is 4. The van der Waals surface area contributed by atoms with Gasteiger partial charge in [0.25, 0.3) is 0 Å². The molecule has 0 bridgehead atoms. The average Bonchev–Trinajstić information content (AvgIpc) is 3.39. The van der Waals surface area contributed by atoms with Crippen LogP contribution in [0.25, 0.3) is 10.9 Å². The summed E-state index contributed by atoms with van der Waals surface area (Å²) < 4.78 is 12.0. The van der Waals surface area contributed by atoms with E-state index in [-0.39, 0.29) is 15.5 Å².